The first-order valence-electron chi connectivity index (χ1n) is 14.4. The molecule has 1 aliphatic rings. The fraction of sp³-hybridized carbons (Fsp3) is 0.562. The van der Waals surface area contributed by atoms with Gasteiger partial charge in [0.05, 0.1) is 18.1 Å². The summed E-state index contributed by atoms with van der Waals surface area (Å²) in [5, 5.41) is 0. The highest BCUT2D eigenvalue weighted by molar-refractivity contribution is 5.91. The Hall–Kier alpha value is -2.82. The molecule has 2 aromatic carbocycles. The quantitative estimate of drug-likeness (QED) is 0.137. The predicted molar refractivity (Wildman–Crippen MR) is 147 cm³/mol. The van der Waals surface area contributed by atoms with E-state index in [9.17, 15) is 9.59 Å². The lowest BCUT2D eigenvalue weighted by atomic mass is 9.80. The van der Waals surface area contributed by atoms with E-state index in [0.717, 1.165) is 43.8 Å². The zero-order chi connectivity index (χ0) is 26.3. The molecule has 0 radical (unpaired) electrons. The smallest absolute Gasteiger partial charge is 0.343 e. The Morgan fingerprint density at radius 1 is 0.676 bits per heavy atom. The lowest BCUT2D eigenvalue weighted by Gasteiger charge is -2.27. The summed E-state index contributed by atoms with van der Waals surface area (Å²) in [6.07, 6.45) is 15.1. The van der Waals surface area contributed by atoms with Gasteiger partial charge in [0.25, 0.3) is 0 Å². The Kier molecular flexibility index (Phi) is 12.5. The van der Waals surface area contributed by atoms with Gasteiger partial charge in [0, 0.05) is 0 Å². The van der Waals surface area contributed by atoms with Crippen LogP contribution in [-0.2, 0) is 4.79 Å². The molecule has 37 heavy (non-hydrogen) atoms. The molecule has 0 heterocycles. The third-order valence-electron chi connectivity index (χ3n) is 7.26. The van der Waals surface area contributed by atoms with Crippen molar-refractivity contribution in [3.8, 4) is 17.2 Å². The van der Waals surface area contributed by atoms with Crippen LogP contribution in [0.15, 0.2) is 48.5 Å². The highest BCUT2D eigenvalue weighted by Gasteiger charge is 2.27. The van der Waals surface area contributed by atoms with E-state index in [-0.39, 0.29) is 11.9 Å². The fourth-order valence-corrected chi connectivity index (χ4v) is 4.89. The molecule has 1 saturated carbocycles. The fourth-order valence-electron chi connectivity index (χ4n) is 4.89. The summed E-state index contributed by atoms with van der Waals surface area (Å²) in [5.74, 6) is 1.78. The molecule has 3 rings (SSSR count). The van der Waals surface area contributed by atoms with Crippen molar-refractivity contribution in [1.29, 1.82) is 0 Å². The van der Waals surface area contributed by atoms with Crippen LogP contribution in [0.5, 0.6) is 17.2 Å². The first-order valence-corrected chi connectivity index (χ1v) is 14.4. The Morgan fingerprint density at radius 3 is 1.89 bits per heavy atom. The molecule has 0 bridgehead atoms. The van der Waals surface area contributed by atoms with E-state index >= 15 is 0 Å². The van der Waals surface area contributed by atoms with Gasteiger partial charge in [-0.1, -0.05) is 65.2 Å². The van der Waals surface area contributed by atoms with Crippen molar-refractivity contribution in [2.45, 2.75) is 97.3 Å². The second kappa shape index (κ2) is 16.1. The average Bonchev–Trinajstić information content (AvgIpc) is 2.92. The van der Waals surface area contributed by atoms with Gasteiger partial charge in [-0.05, 0) is 86.6 Å². The second-order valence-electron chi connectivity index (χ2n) is 10.3. The van der Waals surface area contributed by atoms with E-state index in [4.69, 9.17) is 14.2 Å². The molecule has 1 fully saturated rings. The van der Waals surface area contributed by atoms with Gasteiger partial charge < -0.3 is 14.2 Å². The van der Waals surface area contributed by atoms with Crippen molar-refractivity contribution in [3.63, 3.8) is 0 Å². The van der Waals surface area contributed by atoms with Crippen molar-refractivity contribution in [2.75, 3.05) is 6.61 Å². The molecule has 202 valence electrons. The first kappa shape index (κ1) is 28.7. The van der Waals surface area contributed by atoms with E-state index < -0.39 is 5.97 Å². The predicted octanol–water partition coefficient (Wildman–Crippen LogP) is 8.55. The summed E-state index contributed by atoms with van der Waals surface area (Å²) in [4.78, 5) is 25.1. The summed E-state index contributed by atoms with van der Waals surface area (Å²) < 4.78 is 16.9. The van der Waals surface area contributed by atoms with Crippen molar-refractivity contribution in [1.82, 2.24) is 0 Å². The molecule has 0 unspecified atom stereocenters. The van der Waals surface area contributed by atoms with Crippen LogP contribution in [0.4, 0.5) is 0 Å². The van der Waals surface area contributed by atoms with E-state index in [1.807, 2.05) is 0 Å². The Bertz CT molecular complexity index is 927. The van der Waals surface area contributed by atoms with Crippen molar-refractivity contribution in [3.05, 3.63) is 54.1 Å². The Labute approximate surface area is 222 Å². The van der Waals surface area contributed by atoms with E-state index in [1.54, 1.807) is 48.5 Å². The van der Waals surface area contributed by atoms with Crippen LogP contribution in [0.2, 0.25) is 0 Å². The number of rotatable bonds is 15. The van der Waals surface area contributed by atoms with Gasteiger partial charge in [0.2, 0.25) is 0 Å². The van der Waals surface area contributed by atoms with Crippen LogP contribution in [-0.4, -0.2) is 18.5 Å². The maximum absolute atomic E-state index is 12.6. The normalized spacial score (nSPS) is 17.2. The average molecular weight is 509 g/mol. The molecule has 0 saturated heterocycles. The van der Waals surface area contributed by atoms with Crippen LogP contribution in [0.25, 0.3) is 0 Å². The van der Waals surface area contributed by atoms with Gasteiger partial charge in [0.1, 0.15) is 17.2 Å². The number of unbranched alkanes of at least 4 members (excludes halogenated alkanes) is 6. The number of hydrogen-bond acceptors (Lipinski definition) is 5. The van der Waals surface area contributed by atoms with Gasteiger partial charge in [-0.15, -0.1) is 0 Å². The van der Waals surface area contributed by atoms with Gasteiger partial charge in [-0.2, -0.15) is 0 Å². The lowest BCUT2D eigenvalue weighted by molar-refractivity contribution is -0.140. The van der Waals surface area contributed by atoms with Crippen molar-refractivity contribution in [2.24, 2.45) is 11.8 Å². The van der Waals surface area contributed by atoms with Crippen LogP contribution < -0.4 is 14.2 Å². The lowest BCUT2D eigenvalue weighted by Crippen LogP contribution is -2.25. The summed E-state index contributed by atoms with van der Waals surface area (Å²) in [5.41, 5.74) is 0.455. The van der Waals surface area contributed by atoms with Crippen molar-refractivity contribution >= 4 is 11.9 Å². The van der Waals surface area contributed by atoms with Gasteiger partial charge in [0.15, 0.2) is 0 Å². The van der Waals surface area contributed by atoms with Crippen molar-refractivity contribution < 1.29 is 23.8 Å². The van der Waals surface area contributed by atoms with Gasteiger partial charge in [-0.3, -0.25) is 4.79 Å². The number of benzene rings is 2. The molecule has 1 aliphatic carbocycles. The number of carbonyl (C=O) groups is 2. The number of esters is 2. The monoisotopic (exact) mass is 508 g/mol. The Balaban J connectivity index is 1.38. The molecular formula is C32H44O5. The standard InChI is InChI=1S/C32H44O5/c1-3-5-7-8-10-24-35-28-18-16-27(17-19-28)32(34)37-30-22-20-29(21-23-30)36-31(33)26-14-12-25(13-15-26)11-9-6-4-2/h16-23,25-26H,3-15,24H2,1-2H3/t25-,26-. The molecule has 0 aromatic heterocycles. The maximum atomic E-state index is 12.6. The van der Waals surface area contributed by atoms with E-state index in [2.05, 4.69) is 13.8 Å². The minimum absolute atomic E-state index is 0.0204. The number of hydrogen-bond donors (Lipinski definition) is 0. The molecule has 5 heteroatoms. The second-order valence-corrected chi connectivity index (χ2v) is 10.3. The topological polar surface area (TPSA) is 61.8 Å². The van der Waals surface area contributed by atoms with Crippen LogP contribution in [0, 0.1) is 11.8 Å². The molecular weight excluding hydrogens is 464 g/mol. The zero-order valence-corrected chi connectivity index (χ0v) is 22.7. The highest BCUT2D eigenvalue weighted by atomic mass is 16.5. The molecule has 5 nitrogen and oxygen atoms in total. The number of ether oxygens (including phenoxy) is 3. The largest absolute Gasteiger partial charge is 0.494 e. The third kappa shape index (κ3) is 10.2. The molecule has 0 amide bonds. The summed E-state index contributed by atoms with van der Waals surface area (Å²) in [7, 11) is 0. The summed E-state index contributed by atoms with van der Waals surface area (Å²) in [6, 6.07) is 13.7. The van der Waals surface area contributed by atoms with E-state index in [0.29, 0.717) is 23.7 Å². The highest BCUT2D eigenvalue weighted by Crippen LogP contribution is 2.33. The minimum atomic E-state index is -0.438. The molecule has 0 N–H and O–H groups in total. The molecule has 2 aromatic rings. The van der Waals surface area contributed by atoms with E-state index in [1.165, 1.54) is 51.4 Å². The van der Waals surface area contributed by atoms with Gasteiger partial charge in [-0.25, -0.2) is 4.79 Å². The molecule has 0 aliphatic heterocycles. The SMILES string of the molecule is CCCCCCCOc1ccc(C(=O)Oc2ccc(OC(=O)[C@H]3CC[C@H](CCCCC)CC3)cc2)cc1. The Morgan fingerprint density at radius 2 is 1.24 bits per heavy atom. The van der Waals surface area contributed by atoms with Crippen LogP contribution in [0.1, 0.15) is 108 Å². The van der Waals surface area contributed by atoms with Crippen LogP contribution in [0.3, 0.4) is 0 Å². The van der Waals surface area contributed by atoms with Gasteiger partial charge >= 0.3 is 11.9 Å². The third-order valence-corrected chi connectivity index (χ3v) is 7.26. The zero-order valence-electron chi connectivity index (χ0n) is 22.7. The maximum Gasteiger partial charge on any atom is 0.343 e. The number of carbonyl (C=O) groups excluding carboxylic acids is 2. The minimum Gasteiger partial charge on any atom is -0.494 e. The molecule has 0 spiro atoms. The van der Waals surface area contributed by atoms with Crippen LogP contribution >= 0.6 is 0 Å². The molecule has 0 atom stereocenters. The summed E-state index contributed by atoms with van der Waals surface area (Å²) >= 11 is 0. The summed E-state index contributed by atoms with van der Waals surface area (Å²) in [6.45, 7) is 5.12. The first-order chi connectivity index (χ1) is 18.1.